The summed E-state index contributed by atoms with van der Waals surface area (Å²) in [6.07, 6.45) is 1.74. The van der Waals surface area contributed by atoms with Gasteiger partial charge in [-0.05, 0) is 35.4 Å². The third-order valence-corrected chi connectivity index (χ3v) is 4.73. The summed E-state index contributed by atoms with van der Waals surface area (Å²) in [6, 6.07) is 14.0. The fourth-order valence-electron chi connectivity index (χ4n) is 3.44. The molecular weight excluding hydrogens is 316 g/mol. The Labute approximate surface area is 147 Å². The normalized spacial score (nSPS) is 18.3. The van der Waals surface area contributed by atoms with Crippen molar-refractivity contribution in [3.8, 4) is 16.9 Å². The minimum atomic E-state index is -0.467. The summed E-state index contributed by atoms with van der Waals surface area (Å²) in [4.78, 5) is 11.3. The molecule has 0 atom stereocenters. The average Bonchev–Trinajstić information content (AvgIpc) is 2.62. The van der Waals surface area contributed by atoms with E-state index < -0.39 is 5.79 Å². The van der Waals surface area contributed by atoms with Crippen LogP contribution < -0.4 is 15.4 Å². The Hall–Kier alpha value is -2.37. The van der Waals surface area contributed by atoms with Gasteiger partial charge in [0.2, 0.25) is 11.7 Å². The second-order valence-electron chi connectivity index (χ2n) is 6.64. The molecule has 2 N–H and O–H groups in total. The van der Waals surface area contributed by atoms with Gasteiger partial charge in [0.05, 0.1) is 6.61 Å². The lowest BCUT2D eigenvalue weighted by atomic mass is 9.99. The lowest BCUT2D eigenvalue weighted by Gasteiger charge is -2.41. The van der Waals surface area contributed by atoms with Gasteiger partial charge in [0.1, 0.15) is 5.75 Å². The number of anilines is 1. The number of benzene rings is 2. The fourth-order valence-corrected chi connectivity index (χ4v) is 3.44. The molecule has 0 saturated carbocycles. The van der Waals surface area contributed by atoms with E-state index in [4.69, 9.17) is 9.47 Å². The van der Waals surface area contributed by atoms with E-state index in [9.17, 15) is 4.79 Å². The number of piperidine rings is 1. The molecule has 5 nitrogen and oxygen atoms in total. The smallest absolute Gasteiger partial charge is 0.221 e. The Balaban J connectivity index is 1.59. The summed E-state index contributed by atoms with van der Waals surface area (Å²) in [5, 5.41) is 6.16. The zero-order chi connectivity index (χ0) is 17.3. The molecule has 0 radical (unpaired) electrons. The van der Waals surface area contributed by atoms with Crippen LogP contribution in [-0.2, 0) is 16.1 Å². The third kappa shape index (κ3) is 3.38. The van der Waals surface area contributed by atoms with Gasteiger partial charge in [-0.25, -0.2) is 0 Å². The molecule has 1 spiro atoms. The van der Waals surface area contributed by atoms with Gasteiger partial charge in [-0.1, -0.05) is 18.2 Å². The van der Waals surface area contributed by atoms with E-state index in [0.717, 1.165) is 54.1 Å². The molecule has 2 aliphatic heterocycles. The summed E-state index contributed by atoms with van der Waals surface area (Å²) in [7, 11) is 0. The van der Waals surface area contributed by atoms with Crippen molar-refractivity contribution in [3.05, 3.63) is 48.0 Å². The Morgan fingerprint density at radius 1 is 1.12 bits per heavy atom. The van der Waals surface area contributed by atoms with E-state index in [1.165, 1.54) is 6.92 Å². The third-order valence-electron chi connectivity index (χ3n) is 4.73. The van der Waals surface area contributed by atoms with E-state index in [2.05, 4.69) is 22.8 Å². The summed E-state index contributed by atoms with van der Waals surface area (Å²) >= 11 is 0. The van der Waals surface area contributed by atoms with Gasteiger partial charge in [0.15, 0.2) is 0 Å². The minimum absolute atomic E-state index is 0.0725. The van der Waals surface area contributed by atoms with Gasteiger partial charge in [0, 0.05) is 44.1 Å². The first kappa shape index (κ1) is 16.1. The second kappa shape index (κ2) is 6.50. The van der Waals surface area contributed by atoms with E-state index in [-0.39, 0.29) is 5.91 Å². The quantitative estimate of drug-likeness (QED) is 0.882. The number of carbonyl (C=O) groups is 1. The average molecular weight is 338 g/mol. The molecule has 0 unspecified atom stereocenters. The first-order valence-electron chi connectivity index (χ1n) is 8.68. The van der Waals surface area contributed by atoms with E-state index in [0.29, 0.717) is 6.61 Å². The predicted molar refractivity (Wildman–Crippen MR) is 96.4 cm³/mol. The van der Waals surface area contributed by atoms with Crippen molar-refractivity contribution >= 4 is 11.6 Å². The van der Waals surface area contributed by atoms with Gasteiger partial charge < -0.3 is 20.1 Å². The molecule has 2 heterocycles. The minimum Gasteiger partial charge on any atom is -0.462 e. The summed E-state index contributed by atoms with van der Waals surface area (Å²) in [6.45, 7) is 3.91. The van der Waals surface area contributed by atoms with E-state index >= 15 is 0 Å². The highest BCUT2D eigenvalue weighted by atomic mass is 16.7. The topological polar surface area (TPSA) is 59.6 Å². The SMILES string of the molecule is CC(=O)Nc1cccc(-c2ccc3c(c2)COC2(CCNCC2)O3)c1. The van der Waals surface area contributed by atoms with Crippen LogP contribution in [0.3, 0.4) is 0 Å². The van der Waals surface area contributed by atoms with Crippen LogP contribution in [0.25, 0.3) is 11.1 Å². The van der Waals surface area contributed by atoms with Gasteiger partial charge in [-0.2, -0.15) is 0 Å². The predicted octanol–water partition coefficient (Wildman–Crippen LogP) is 3.30. The van der Waals surface area contributed by atoms with Crippen LogP contribution in [0, 0.1) is 0 Å². The highest BCUT2D eigenvalue weighted by molar-refractivity contribution is 5.89. The largest absolute Gasteiger partial charge is 0.462 e. The van der Waals surface area contributed by atoms with Crippen molar-refractivity contribution in [2.24, 2.45) is 0 Å². The molecular formula is C20H22N2O3. The molecule has 5 heteroatoms. The first-order valence-corrected chi connectivity index (χ1v) is 8.68. The maximum Gasteiger partial charge on any atom is 0.221 e. The van der Waals surface area contributed by atoms with Crippen molar-refractivity contribution in [2.75, 3.05) is 18.4 Å². The number of nitrogens with one attached hydrogen (secondary N) is 2. The number of fused-ring (bicyclic) bond motifs is 1. The summed E-state index contributed by atoms with van der Waals surface area (Å²) in [5.41, 5.74) is 3.99. The molecule has 0 bridgehead atoms. The molecule has 2 aliphatic rings. The number of hydrogen-bond donors (Lipinski definition) is 2. The van der Waals surface area contributed by atoms with Crippen LogP contribution in [0.4, 0.5) is 5.69 Å². The molecule has 1 amide bonds. The number of ether oxygens (including phenoxy) is 2. The van der Waals surface area contributed by atoms with Crippen LogP contribution in [0.1, 0.15) is 25.3 Å². The Morgan fingerprint density at radius 2 is 1.92 bits per heavy atom. The molecule has 2 aromatic carbocycles. The molecule has 1 saturated heterocycles. The van der Waals surface area contributed by atoms with Crippen molar-refractivity contribution in [1.82, 2.24) is 5.32 Å². The van der Waals surface area contributed by atoms with Crippen LogP contribution in [0.15, 0.2) is 42.5 Å². The Bertz CT molecular complexity index is 797. The van der Waals surface area contributed by atoms with Crippen molar-refractivity contribution in [3.63, 3.8) is 0 Å². The van der Waals surface area contributed by atoms with Gasteiger partial charge in [0.25, 0.3) is 0 Å². The zero-order valence-corrected chi connectivity index (χ0v) is 14.3. The van der Waals surface area contributed by atoms with Crippen LogP contribution in [-0.4, -0.2) is 24.8 Å². The van der Waals surface area contributed by atoms with Crippen molar-refractivity contribution in [2.45, 2.75) is 32.2 Å². The Morgan fingerprint density at radius 3 is 2.72 bits per heavy atom. The maximum absolute atomic E-state index is 11.3. The van der Waals surface area contributed by atoms with Crippen LogP contribution >= 0.6 is 0 Å². The summed E-state index contributed by atoms with van der Waals surface area (Å²) in [5.74, 6) is 0.372. The highest BCUT2D eigenvalue weighted by Crippen LogP contribution is 2.38. The van der Waals surface area contributed by atoms with E-state index in [1.54, 1.807) is 0 Å². The number of hydrogen-bond acceptors (Lipinski definition) is 4. The fraction of sp³-hybridized carbons (Fsp3) is 0.350. The van der Waals surface area contributed by atoms with Crippen LogP contribution in [0.2, 0.25) is 0 Å². The highest BCUT2D eigenvalue weighted by Gasteiger charge is 2.38. The molecule has 130 valence electrons. The molecule has 2 aromatic rings. The standard InChI is InChI=1S/C20H22N2O3/c1-14(23)22-18-4-2-3-15(12-18)16-5-6-19-17(11-16)13-24-20(25-19)7-9-21-10-8-20/h2-6,11-12,21H,7-10,13H2,1H3,(H,22,23). The molecule has 0 aromatic heterocycles. The number of amides is 1. The second-order valence-corrected chi connectivity index (χ2v) is 6.64. The van der Waals surface area contributed by atoms with Gasteiger partial charge in [-0.15, -0.1) is 0 Å². The monoisotopic (exact) mass is 338 g/mol. The van der Waals surface area contributed by atoms with Gasteiger partial charge in [-0.3, -0.25) is 4.79 Å². The molecule has 0 aliphatic carbocycles. The van der Waals surface area contributed by atoms with E-state index in [1.807, 2.05) is 30.3 Å². The van der Waals surface area contributed by atoms with Crippen molar-refractivity contribution in [1.29, 1.82) is 0 Å². The molecule has 4 rings (SSSR count). The molecule has 25 heavy (non-hydrogen) atoms. The number of rotatable bonds is 2. The first-order chi connectivity index (χ1) is 12.1. The molecule has 1 fully saturated rings. The van der Waals surface area contributed by atoms with Crippen LogP contribution in [0.5, 0.6) is 5.75 Å². The number of carbonyl (C=O) groups excluding carboxylic acids is 1. The van der Waals surface area contributed by atoms with Gasteiger partial charge >= 0.3 is 0 Å². The maximum atomic E-state index is 11.3. The Kier molecular flexibility index (Phi) is 4.19. The lowest BCUT2D eigenvalue weighted by molar-refractivity contribution is -0.218. The zero-order valence-electron chi connectivity index (χ0n) is 14.3. The van der Waals surface area contributed by atoms with Crippen molar-refractivity contribution < 1.29 is 14.3 Å². The lowest BCUT2D eigenvalue weighted by Crippen LogP contribution is -2.49. The summed E-state index contributed by atoms with van der Waals surface area (Å²) < 4.78 is 12.3.